The number of nitrogens with one attached hydrogen (secondary N) is 1. The fourth-order valence-corrected chi connectivity index (χ4v) is 3.23. The molecule has 1 aliphatic rings. The average Bonchev–Trinajstić information content (AvgIpc) is 3.10. The van der Waals surface area contributed by atoms with E-state index in [0.29, 0.717) is 18.0 Å². The summed E-state index contributed by atoms with van der Waals surface area (Å²) in [6, 6.07) is 17.0. The Balaban J connectivity index is 1.65. The molecule has 1 atom stereocenters. The van der Waals surface area contributed by atoms with Crippen LogP contribution in [0.25, 0.3) is 5.69 Å². The van der Waals surface area contributed by atoms with Crippen molar-refractivity contribution in [1.29, 1.82) is 0 Å². The first-order valence-corrected chi connectivity index (χ1v) is 8.56. The molecular formula is C20H18N4O3. The molecule has 3 aromatic rings. The molecule has 2 aromatic carbocycles. The molecule has 0 saturated heterocycles. The maximum absolute atomic E-state index is 12.3. The van der Waals surface area contributed by atoms with Crippen LogP contribution in [-0.4, -0.2) is 28.2 Å². The average molecular weight is 362 g/mol. The van der Waals surface area contributed by atoms with Crippen LogP contribution < -0.4 is 15.8 Å². The predicted molar refractivity (Wildman–Crippen MR) is 99.8 cm³/mol. The number of fused-ring (bicyclic) bond motifs is 1. The molecule has 136 valence electrons. The Morgan fingerprint density at radius 2 is 1.93 bits per heavy atom. The number of amides is 2. The molecular weight excluding hydrogens is 344 g/mol. The highest BCUT2D eigenvalue weighted by atomic mass is 16.5. The quantitative estimate of drug-likeness (QED) is 0.727. The number of nitrogens with two attached hydrogens (primary N) is 1. The number of nitrogens with zero attached hydrogens (tertiary/aromatic N) is 2. The van der Waals surface area contributed by atoms with E-state index in [0.717, 1.165) is 16.8 Å². The van der Waals surface area contributed by atoms with E-state index < -0.39 is 5.91 Å². The lowest BCUT2D eigenvalue weighted by Gasteiger charge is -2.24. The molecule has 1 aliphatic heterocycles. The predicted octanol–water partition coefficient (Wildman–Crippen LogP) is 2.21. The van der Waals surface area contributed by atoms with Crippen LogP contribution in [0.4, 0.5) is 5.82 Å². The highest BCUT2D eigenvalue weighted by Crippen LogP contribution is 2.38. The van der Waals surface area contributed by atoms with Gasteiger partial charge in [0.25, 0.3) is 5.91 Å². The molecule has 4 rings (SSSR count). The Morgan fingerprint density at radius 1 is 1.19 bits per heavy atom. The van der Waals surface area contributed by atoms with E-state index in [1.165, 1.54) is 0 Å². The molecule has 0 fully saturated rings. The van der Waals surface area contributed by atoms with Crippen LogP contribution in [-0.2, 0) is 9.59 Å². The molecule has 0 saturated carbocycles. The minimum atomic E-state index is -0.527. The van der Waals surface area contributed by atoms with E-state index in [4.69, 9.17) is 10.5 Å². The number of anilines is 1. The molecule has 2 heterocycles. The van der Waals surface area contributed by atoms with Crippen LogP contribution in [0, 0.1) is 0 Å². The first-order chi connectivity index (χ1) is 13.1. The molecule has 7 nitrogen and oxygen atoms in total. The van der Waals surface area contributed by atoms with Gasteiger partial charge in [0, 0.05) is 17.9 Å². The van der Waals surface area contributed by atoms with Crippen LogP contribution >= 0.6 is 0 Å². The van der Waals surface area contributed by atoms with Crippen molar-refractivity contribution in [3.63, 3.8) is 0 Å². The summed E-state index contributed by atoms with van der Waals surface area (Å²) in [5.74, 6) is 0.561. The lowest BCUT2D eigenvalue weighted by Crippen LogP contribution is -2.24. The summed E-state index contributed by atoms with van der Waals surface area (Å²) < 4.78 is 7.03. The summed E-state index contributed by atoms with van der Waals surface area (Å²) in [5.41, 5.74) is 7.91. The van der Waals surface area contributed by atoms with Gasteiger partial charge in [0.15, 0.2) is 6.61 Å². The first-order valence-electron chi connectivity index (χ1n) is 8.56. The number of hydrogen-bond acceptors (Lipinski definition) is 4. The molecule has 0 radical (unpaired) electrons. The first kappa shape index (κ1) is 16.8. The molecule has 7 heteroatoms. The largest absolute Gasteiger partial charge is 0.484 e. The molecule has 3 N–H and O–H groups in total. The van der Waals surface area contributed by atoms with Gasteiger partial charge in [-0.1, -0.05) is 30.3 Å². The summed E-state index contributed by atoms with van der Waals surface area (Å²) in [7, 11) is 0. The van der Waals surface area contributed by atoms with Crippen LogP contribution in [0.15, 0.2) is 60.8 Å². The molecule has 0 aliphatic carbocycles. The maximum Gasteiger partial charge on any atom is 0.255 e. The van der Waals surface area contributed by atoms with Crippen molar-refractivity contribution < 1.29 is 14.3 Å². The van der Waals surface area contributed by atoms with Crippen molar-refractivity contribution in [2.24, 2.45) is 5.73 Å². The van der Waals surface area contributed by atoms with E-state index >= 15 is 0 Å². The number of primary amides is 1. The minimum absolute atomic E-state index is 0.0563. The van der Waals surface area contributed by atoms with Gasteiger partial charge in [-0.3, -0.25) is 9.59 Å². The van der Waals surface area contributed by atoms with Gasteiger partial charge in [-0.2, -0.15) is 5.10 Å². The zero-order chi connectivity index (χ0) is 18.8. The molecule has 0 bridgehead atoms. The SMILES string of the molecule is NC(=O)COc1ccc(C2CC(=O)Nc3c2cnn3-c2ccccc2)cc1. The molecule has 1 unspecified atom stereocenters. The van der Waals surface area contributed by atoms with Crippen molar-refractivity contribution in [3.05, 3.63) is 71.9 Å². The van der Waals surface area contributed by atoms with Gasteiger partial charge >= 0.3 is 0 Å². The highest BCUT2D eigenvalue weighted by Gasteiger charge is 2.30. The van der Waals surface area contributed by atoms with Crippen molar-refractivity contribution in [2.45, 2.75) is 12.3 Å². The maximum atomic E-state index is 12.3. The Hall–Kier alpha value is -3.61. The fourth-order valence-electron chi connectivity index (χ4n) is 3.23. The van der Waals surface area contributed by atoms with Crippen molar-refractivity contribution in [1.82, 2.24) is 9.78 Å². The zero-order valence-electron chi connectivity index (χ0n) is 14.5. The third-order valence-corrected chi connectivity index (χ3v) is 4.48. The van der Waals surface area contributed by atoms with E-state index in [2.05, 4.69) is 10.4 Å². The number of carbonyl (C=O) groups is 2. The van der Waals surface area contributed by atoms with Gasteiger partial charge in [-0.25, -0.2) is 4.68 Å². The summed E-state index contributed by atoms with van der Waals surface area (Å²) in [4.78, 5) is 23.1. The lowest BCUT2D eigenvalue weighted by molar-refractivity contribution is -0.120. The van der Waals surface area contributed by atoms with E-state index in [1.807, 2.05) is 42.5 Å². The standard InChI is InChI=1S/C20H18N4O3/c21-18(25)12-27-15-8-6-13(7-9-15)16-10-19(26)23-20-17(16)11-22-24(20)14-4-2-1-3-5-14/h1-9,11,16H,10,12H2,(H2,21,25)(H,23,26). The highest BCUT2D eigenvalue weighted by molar-refractivity contribution is 5.94. The van der Waals surface area contributed by atoms with Crippen LogP contribution in [0.3, 0.4) is 0 Å². The van der Waals surface area contributed by atoms with E-state index in [9.17, 15) is 9.59 Å². The van der Waals surface area contributed by atoms with Gasteiger partial charge in [0.2, 0.25) is 5.91 Å². The summed E-state index contributed by atoms with van der Waals surface area (Å²) in [6.45, 7) is -0.167. The monoisotopic (exact) mass is 362 g/mol. The zero-order valence-corrected chi connectivity index (χ0v) is 14.5. The number of benzene rings is 2. The van der Waals surface area contributed by atoms with Gasteiger partial charge in [0.05, 0.1) is 11.9 Å². The number of aromatic nitrogens is 2. The molecule has 2 amide bonds. The second-order valence-electron chi connectivity index (χ2n) is 6.32. The second-order valence-corrected chi connectivity index (χ2v) is 6.32. The van der Waals surface area contributed by atoms with E-state index in [-0.39, 0.29) is 18.4 Å². The smallest absolute Gasteiger partial charge is 0.255 e. The minimum Gasteiger partial charge on any atom is -0.484 e. The van der Waals surface area contributed by atoms with Crippen molar-refractivity contribution in [3.8, 4) is 11.4 Å². The van der Waals surface area contributed by atoms with Gasteiger partial charge in [-0.15, -0.1) is 0 Å². The second kappa shape index (κ2) is 6.95. The Kier molecular flexibility index (Phi) is 4.33. The van der Waals surface area contributed by atoms with Crippen LogP contribution in [0.5, 0.6) is 5.75 Å². The van der Waals surface area contributed by atoms with Gasteiger partial charge in [0.1, 0.15) is 11.6 Å². The number of para-hydroxylation sites is 1. The van der Waals surface area contributed by atoms with Crippen LogP contribution in [0.2, 0.25) is 0 Å². The third-order valence-electron chi connectivity index (χ3n) is 4.48. The number of hydrogen-bond donors (Lipinski definition) is 2. The van der Waals surface area contributed by atoms with Gasteiger partial charge < -0.3 is 15.8 Å². The third kappa shape index (κ3) is 3.39. The number of ether oxygens (including phenoxy) is 1. The fraction of sp³-hybridized carbons (Fsp3) is 0.150. The lowest BCUT2D eigenvalue weighted by atomic mass is 9.87. The van der Waals surface area contributed by atoms with Crippen molar-refractivity contribution >= 4 is 17.6 Å². The van der Waals surface area contributed by atoms with Crippen molar-refractivity contribution in [2.75, 3.05) is 11.9 Å². The topological polar surface area (TPSA) is 99.2 Å². The van der Waals surface area contributed by atoms with Crippen LogP contribution in [0.1, 0.15) is 23.5 Å². The molecule has 0 spiro atoms. The number of carbonyl (C=O) groups excluding carboxylic acids is 2. The van der Waals surface area contributed by atoms with Gasteiger partial charge in [-0.05, 0) is 29.8 Å². The molecule has 1 aromatic heterocycles. The van der Waals surface area contributed by atoms with E-state index in [1.54, 1.807) is 23.0 Å². The number of rotatable bonds is 5. The summed E-state index contributed by atoms with van der Waals surface area (Å²) in [5, 5.41) is 7.41. The summed E-state index contributed by atoms with van der Waals surface area (Å²) in [6.07, 6.45) is 2.14. The Morgan fingerprint density at radius 3 is 2.63 bits per heavy atom. The Labute approximate surface area is 155 Å². The normalized spacial score (nSPS) is 15.7. The molecule has 27 heavy (non-hydrogen) atoms. The Bertz CT molecular complexity index is 980. The summed E-state index contributed by atoms with van der Waals surface area (Å²) >= 11 is 0.